The zero-order valence-electron chi connectivity index (χ0n) is 5.56. The molecule has 0 aliphatic carbocycles. The molecule has 0 aromatic heterocycles. The van der Waals surface area contributed by atoms with Gasteiger partial charge in [0.05, 0.1) is 0 Å². The van der Waals surface area contributed by atoms with E-state index in [-0.39, 0.29) is 0 Å². The van der Waals surface area contributed by atoms with E-state index in [2.05, 4.69) is 10.1 Å². The Morgan fingerprint density at radius 3 is 2.70 bits per heavy atom. The summed E-state index contributed by atoms with van der Waals surface area (Å²) in [6.45, 7) is -0.870. The summed E-state index contributed by atoms with van der Waals surface area (Å²) in [7, 11) is 0. The minimum Gasteiger partial charge on any atom is -0.386 e. The van der Waals surface area contributed by atoms with Crippen molar-refractivity contribution in [3.8, 4) is 0 Å². The van der Waals surface area contributed by atoms with E-state index >= 15 is 0 Å². The summed E-state index contributed by atoms with van der Waals surface area (Å²) in [4.78, 5) is 10.2. The summed E-state index contributed by atoms with van der Waals surface area (Å²) in [5, 5.41) is 2.12. The van der Waals surface area contributed by atoms with E-state index in [1.807, 2.05) is 6.92 Å². The molecule has 0 rings (SSSR count). The van der Waals surface area contributed by atoms with Gasteiger partial charge in [-0.1, -0.05) is 6.92 Å². The smallest absolute Gasteiger partial charge is 0.386 e. The quantitative estimate of drug-likeness (QED) is 0.664. The first-order valence-electron chi connectivity index (χ1n) is 2.89. The molecule has 0 aliphatic rings. The summed E-state index contributed by atoms with van der Waals surface area (Å²) in [6.07, 6.45) is -0.380. The molecule has 0 bridgehead atoms. The number of nitrogens with one attached hydrogen (secondary N) is 1. The lowest BCUT2D eigenvalue weighted by Crippen LogP contribution is -2.26. The van der Waals surface area contributed by atoms with Gasteiger partial charge < -0.3 is 10.1 Å². The number of amides is 1. The highest BCUT2D eigenvalue weighted by atomic mass is 19.3. The van der Waals surface area contributed by atoms with E-state index in [9.17, 15) is 13.6 Å². The van der Waals surface area contributed by atoms with Crippen LogP contribution in [-0.4, -0.2) is 19.2 Å². The lowest BCUT2D eigenvalue weighted by atomic mass is 10.5. The van der Waals surface area contributed by atoms with Crippen molar-refractivity contribution < 1.29 is 18.3 Å². The van der Waals surface area contributed by atoms with E-state index in [1.165, 1.54) is 0 Å². The number of carbonyl (C=O) groups excluding carboxylic acids is 1. The highest BCUT2D eigenvalue weighted by molar-refractivity contribution is 5.66. The first-order chi connectivity index (χ1) is 4.66. The zero-order valence-corrected chi connectivity index (χ0v) is 5.56. The molecule has 0 heterocycles. The van der Waals surface area contributed by atoms with Crippen molar-refractivity contribution in [3.63, 3.8) is 0 Å². The number of alkyl carbamates (subject to hydrolysis) is 1. The van der Waals surface area contributed by atoms with E-state index in [0.717, 1.165) is 0 Å². The maximum Gasteiger partial charge on any atom is 0.411 e. The SMILES string of the molecule is CCCNC(=O)OC(F)F. The van der Waals surface area contributed by atoms with Gasteiger partial charge in [0.25, 0.3) is 0 Å². The molecule has 0 fully saturated rings. The largest absolute Gasteiger partial charge is 0.411 e. The molecule has 5 heteroatoms. The number of hydrogen-bond acceptors (Lipinski definition) is 2. The molecule has 0 saturated heterocycles. The lowest BCUT2D eigenvalue weighted by molar-refractivity contribution is -0.0813. The third kappa shape index (κ3) is 5.27. The molecule has 0 atom stereocenters. The topological polar surface area (TPSA) is 38.3 Å². The molecule has 0 saturated carbocycles. The molecule has 1 N–H and O–H groups in total. The maximum absolute atomic E-state index is 11.2. The lowest BCUT2D eigenvalue weighted by Gasteiger charge is -2.02. The molecule has 0 radical (unpaired) electrons. The van der Waals surface area contributed by atoms with Crippen LogP contribution in [0.1, 0.15) is 13.3 Å². The predicted molar refractivity (Wildman–Crippen MR) is 30.8 cm³/mol. The fourth-order valence-electron chi connectivity index (χ4n) is 0.350. The second kappa shape index (κ2) is 4.96. The van der Waals surface area contributed by atoms with E-state index in [4.69, 9.17) is 0 Å². The molecular formula is C5H9F2NO2. The van der Waals surface area contributed by atoms with Gasteiger partial charge in [-0.25, -0.2) is 4.79 Å². The summed E-state index contributed by atoms with van der Waals surface area (Å²) < 4.78 is 25.9. The Hall–Kier alpha value is -0.870. The van der Waals surface area contributed by atoms with Crippen LogP contribution < -0.4 is 5.32 Å². The number of alkyl halides is 2. The highest BCUT2D eigenvalue weighted by Crippen LogP contribution is 1.93. The summed E-state index contributed by atoms with van der Waals surface area (Å²) in [5.41, 5.74) is 0. The van der Waals surface area contributed by atoms with Crippen molar-refractivity contribution in [3.05, 3.63) is 0 Å². The van der Waals surface area contributed by atoms with Gasteiger partial charge in [-0.2, -0.15) is 8.78 Å². The minimum absolute atomic E-state index is 0.353. The second-order valence-corrected chi connectivity index (χ2v) is 1.59. The molecule has 10 heavy (non-hydrogen) atoms. The first kappa shape index (κ1) is 9.13. The summed E-state index contributed by atoms with van der Waals surface area (Å²) >= 11 is 0. The van der Waals surface area contributed by atoms with Gasteiger partial charge in [0.1, 0.15) is 0 Å². The van der Waals surface area contributed by atoms with Crippen molar-refractivity contribution in [1.29, 1.82) is 0 Å². The fourth-order valence-corrected chi connectivity index (χ4v) is 0.350. The van der Waals surface area contributed by atoms with Crippen LogP contribution in [0.3, 0.4) is 0 Å². The van der Waals surface area contributed by atoms with Gasteiger partial charge in [0.2, 0.25) is 0 Å². The van der Waals surface area contributed by atoms with E-state index in [0.29, 0.717) is 13.0 Å². The maximum atomic E-state index is 11.2. The third-order valence-electron chi connectivity index (χ3n) is 0.715. The fraction of sp³-hybridized carbons (Fsp3) is 0.800. The standard InChI is InChI=1S/C5H9F2NO2/c1-2-3-8-5(9)10-4(6)7/h4H,2-3H2,1H3,(H,8,9). The van der Waals surface area contributed by atoms with Crippen LogP contribution >= 0.6 is 0 Å². The monoisotopic (exact) mass is 153 g/mol. The summed E-state index contributed by atoms with van der Waals surface area (Å²) in [5.74, 6) is 0. The molecule has 0 unspecified atom stereocenters. The minimum atomic E-state index is -3.03. The number of hydrogen-bond donors (Lipinski definition) is 1. The molecule has 0 aromatic rings. The van der Waals surface area contributed by atoms with Crippen LogP contribution in [0.25, 0.3) is 0 Å². The first-order valence-corrected chi connectivity index (χ1v) is 2.89. The van der Waals surface area contributed by atoms with Gasteiger partial charge >= 0.3 is 12.7 Å². The van der Waals surface area contributed by atoms with Crippen molar-refractivity contribution in [2.75, 3.05) is 6.54 Å². The Morgan fingerprint density at radius 1 is 1.70 bits per heavy atom. The van der Waals surface area contributed by atoms with Crippen molar-refractivity contribution in [1.82, 2.24) is 5.32 Å². The Kier molecular flexibility index (Phi) is 4.53. The Morgan fingerprint density at radius 2 is 2.30 bits per heavy atom. The predicted octanol–water partition coefficient (Wildman–Crippen LogP) is 1.35. The molecule has 60 valence electrons. The van der Waals surface area contributed by atoms with Crippen molar-refractivity contribution in [2.24, 2.45) is 0 Å². The summed E-state index contributed by atoms with van der Waals surface area (Å²) in [6, 6.07) is 0. The van der Waals surface area contributed by atoms with Crippen molar-refractivity contribution in [2.45, 2.75) is 20.0 Å². The van der Waals surface area contributed by atoms with Gasteiger partial charge in [0, 0.05) is 6.54 Å². The number of rotatable bonds is 3. The molecule has 0 aliphatic heterocycles. The molecule has 0 spiro atoms. The van der Waals surface area contributed by atoms with E-state index < -0.39 is 12.7 Å². The van der Waals surface area contributed by atoms with Gasteiger partial charge in [-0.15, -0.1) is 0 Å². The van der Waals surface area contributed by atoms with Crippen LogP contribution in [0, 0.1) is 0 Å². The van der Waals surface area contributed by atoms with Crippen LogP contribution in [0.15, 0.2) is 0 Å². The Balaban J connectivity index is 3.26. The van der Waals surface area contributed by atoms with Gasteiger partial charge in [0.15, 0.2) is 0 Å². The van der Waals surface area contributed by atoms with Gasteiger partial charge in [-0.3, -0.25) is 0 Å². The number of ether oxygens (including phenoxy) is 1. The Bertz CT molecular complexity index is 108. The molecular weight excluding hydrogens is 144 g/mol. The van der Waals surface area contributed by atoms with Crippen molar-refractivity contribution >= 4 is 6.09 Å². The zero-order chi connectivity index (χ0) is 7.98. The van der Waals surface area contributed by atoms with Crippen LogP contribution in [0.2, 0.25) is 0 Å². The Labute approximate surface area is 57.4 Å². The van der Waals surface area contributed by atoms with Crippen LogP contribution in [0.4, 0.5) is 13.6 Å². The molecule has 0 aromatic carbocycles. The van der Waals surface area contributed by atoms with Crippen LogP contribution in [-0.2, 0) is 4.74 Å². The number of halogens is 2. The molecule has 3 nitrogen and oxygen atoms in total. The second-order valence-electron chi connectivity index (χ2n) is 1.59. The third-order valence-corrected chi connectivity index (χ3v) is 0.715. The van der Waals surface area contributed by atoms with Gasteiger partial charge in [-0.05, 0) is 6.42 Å². The molecule has 1 amide bonds. The number of carbonyl (C=O) groups is 1. The highest BCUT2D eigenvalue weighted by Gasteiger charge is 2.07. The average molecular weight is 153 g/mol. The normalized spacial score (nSPS) is 9.60. The van der Waals surface area contributed by atoms with Crippen LogP contribution in [0.5, 0.6) is 0 Å². The average Bonchev–Trinajstić information content (AvgIpc) is 1.82. The van der Waals surface area contributed by atoms with E-state index in [1.54, 1.807) is 0 Å².